The third kappa shape index (κ3) is 2.91. The highest BCUT2D eigenvalue weighted by molar-refractivity contribution is 7.89. The van der Waals surface area contributed by atoms with Crippen LogP contribution in [0.1, 0.15) is 37.9 Å². The topological polar surface area (TPSA) is 63.4 Å². The number of benzene rings is 1. The third-order valence-electron chi connectivity index (χ3n) is 3.06. The van der Waals surface area contributed by atoms with Gasteiger partial charge in [0.1, 0.15) is 0 Å². The fourth-order valence-corrected chi connectivity index (χ4v) is 3.60. The Hall–Kier alpha value is -0.910. The van der Waals surface area contributed by atoms with Crippen LogP contribution in [0.3, 0.4) is 0 Å². The number of nitrogens with zero attached hydrogens (tertiary/aromatic N) is 1. The summed E-state index contributed by atoms with van der Waals surface area (Å²) >= 11 is 0. The van der Waals surface area contributed by atoms with E-state index in [9.17, 15) is 8.42 Å². The minimum atomic E-state index is -3.41. The van der Waals surface area contributed by atoms with Gasteiger partial charge in [-0.15, -0.1) is 0 Å². The maximum absolute atomic E-state index is 12.5. The maximum atomic E-state index is 12.5. The van der Waals surface area contributed by atoms with Crippen molar-refractivity contribution < 1.29 is 8.42 Å². The molecule has 0 saturated heterocycles. The number of rotatable bonds is 5. The number of nitrogens with two attached hydrogens (primary N) is 1. The lowest BCUT2D eigenvalue weighted by Gasteiger charge is -2.20. The molecule has 0 aliphatic heterocycles. The van der Waals surface area contributed by atoms with Crippen molar-refractivity contribution in [1.82, 2.24) is 4.31 Å². The largest absolute Gasteiger partial charge is 0.324 e. The van der Waals surface area contributed by atoms with Crippen LogP contribution in [0.25, 0.3) is 0 Å². The molecule has 0 spiro atoms. The molecule has 1 aromatic rings. The average molecular weight is 270 g/mol. The molecule has 0 saturated carbocycles. The zero-order valence-corrected chi connectivity index (χ0v) is 12.3. The van der Waals surface area contributed by atoms with Crippen LogP contribution in [0.15, 0.2) is 23.1 Å². The standard InChI is InChI=1S/C13H22N2O2S/c1-5-15(6-2)18(16,17)13-9-12(11(4)14)8-7-10(13)3/h7-9,11H,5-6,14H2,1-4H3. The van der Waals surface area contributed by atoms with Gasteiger partial charge >= 0.3 is 0 Å². The summed E-state index contributed by atoms with van der Waals surface area (Å²) < 4.78 is 26.4. The van der Waals surface area contributed by atoms with Crippen molar-refractivity contribution in [2.24, 2.45) is 5.73 Å². The molecular formula is C13H22N2O2S. The molecule has 4 nitrogen and oxygen atoms in total. The number of aryl methyl sites for hydroxylation is 1. The van der Waals surface area contributed by atoms with Crippen molar-refractivity contribution in [2.75, 3.05) is 13.1 Å². The molecule has 1 unspecified atom stereocenters. The molecule has 2 N–H and O–H groups in total. The highest BCUT2D eigenvalue weighted by atomic mass is 32.2. The van der Waals surface area contributed by atoms with Gasteiger partial charge in [0, 0.05) is 19.1 Å². The molecule has 0 aromatic heterocycles. The van der Waals surface area contributed by atoms with E-state index in [1.807, 2.05) is 32.9 Å². The first-order valence-corrected chi connectivity index (χ1v) is 7.64. The van der Waals surface area contributed by atoms with Crippen LogP contribution >= 0.6 is 0 Å². The van der Waals surface area contributed by atoms with E-state index in [0.29, 0.717) is 18.0 Å². The Kier molecular flexibility index (Phi) is 4.90. The van der Waals surface area contributed by atoms with Gasteiger partial charge in [-0.2, -0.15) is 4.31 Å². The summed E-state index contributed by atoms with van der Waals surface area (Å²) in [5, 5.41) is 0. The number of hydrogen-bond donors (Lipinski definition) is 1. The lowest BCUT2D eigenvalue weighted by atomic mass is 10.1. The van der Waals surface area contributed by atoms with Gasteiger partial charge < -0.3 is 5.73 Å². The molecule has 102 valence electrons. The van der Waals surface area contributed by atoms with Gasteiger partial charge in [-0.1, -0.05) is 26.0 Å². The average Bonchev–Trinajstić information content (AvgIpc) is 2.30. The van der Waals surface area contributed by atoms with Crippen LogP contribution in [-0.4, -0.2) is 25.8 Å². The lowest BCUT2D eigenvalue weighted by molar-refractivity contribution is 0.444. The molecule has 0 heterocycles. The summed E-state index contributed by atoms with van der Waals surface area (Å²) in [4.78, 5) is 0.362. The maximum Gasteiger partial charge on any atom is 0.243 e. The van der Waals surface area contributed by atoms with Crippen LogP contribution in [0, 0.1) is 6.92 Å². The molecule has 0 radical (unpaired) electrons. The van der Waals surface area contributed by atoms with Crippen LogP contribution in [-0.2, 0) is 10.0 Å². The van der Waals surface area contributed by atoms with Crippen molar-refractivity contribution in [2.45, 2.75) is 38.6 Å². The second-order valence-corrected chi connectivity index (χ2v) is 6.31. The van der Waals surface area contributed by atoms with Gasteiger partial charge in [-0.3, -0.25) is 0 Å². The highest BCUT2D eigenvalue weighted by Crippen LogP contribution is 2.23. The molecule has 0 amide bonds. The Morgan fingerprint density at radius 1 is 1.28 bits per heavy atom. The van der Waals surface area contributed by atoms with Crippen molar-refractivity contribution in [3.05, 3.63) is 29.3 Å². The number of sulfonamides is 1. The minimum absolute atomic E-state index is 0.170. The van der Waals surface area contributed by atoms with Crippen molar-refractivity contribution in [3.63, 3.8) is 0 Å². The predicted octanol–water partition coefficient (Wildman–Crippen LogP) is 2.05. The second kappa shape index (κ2) is 5.82. The molecule has 1 atom stereocenters. The molecule has 0 aliphatic rings. The number of hydrogen-bond acceptors (Lipinski definition) is 3. The second-order valence-electron chi connectivity index (χ2n) is 4.40. The first kappa shape index (κ1) is 15.1. The van der Waals surface area contributed by atoms with Crippen molar-refractivity contribution >= 4 is 10.0 Å². The fraction of sp³-hybridized carbons (Fsp3) is 0.538. The summed E-state index contributed by atoms with van der Waals surface area (Å²) in [5.74, 6) is 0. The molecule has 5 heteroatoms. The van der Waals surface area contributed by atoms with Gasteiger partial charge in [-0.25, -0.2) is 8.42 Å². The molecule has 1 aromatic carbocycles. The first-order valence-electron chi connectivity index (χ1n) is 6.20. The van der Waals surface area contributed by atoms with Gasteiger partial charge in [0.15, 0.2) is 0 Å². The van der Waals surface area contributed by atoms with Crippen LogP contribution < -0.4 is 5.73 Å². The fourth-order valence-electron chi connectivity index (χ4n) is 1.88. The van der Waals surface area contributed by atoms with E-state index in [1.165, 1.54) is 4.31 Å². The van der Waals surface area contributed by atoms with Crippen LogP contribution in [0.2, 0.25) is 0 Å². The van der Waals surface area contributed by atoms with E-state index in [4.69, 9.17) is 5.73 Å². The first-order chi connectivity index (χ1) is 8.34. The summed E-state index contributed by atoms with van der Waals surface area (Å²) in [5.41, 5.74) is 7.40. The van der Waals surface area contributed by atoms with E-state index in [2.05, 4.69) is 0 Å². The van der Waals surface area contributed by atoms with Crippen LogP contribution in [0.5, 0.6) is 0 Å². The van der Waals surface area contributed by atoms with Crippen molar-refractivity contribution in [3.8, 4) is 0 Å². The summed E-state index contributed by atoms with van der Waals surface area (Å²) in [7, 11) is -3.41. The van der Waals surface area contributed by atoms with Gasteiger partial charge in [0.25, 0.3) is 0 Å². The Bertz CT molecular complexity index is 506. The zero-order chi connectivity index (χ0) is 13.9. The van der Waals surface area contributed by atoms with Crippen molar-refractivity contribution in [1.29, 1.82) is 0 Å². The SMILES string of the molecule is CCN(CC)S(=O)(=O)c1cc(C(C)N)ccc1C. The Labute approximate surface area is 110 Å². The van der Waals surface area contributed by atoms with E-state index in [-0.39, 0.29) is 6.04 Å². The predicted molar refractivity (Wildman–Crippen MR) is 73.9 cm³/mol. The highest BCUT2D eigenvalue weighted by Gasteiger charge is 2.23. The molecule has 0 bridgehead atoms. The van der Waals surface area contributed by atoms with E-state index >= 15 is 0 Å². The molecule has 1 rings (SSSR count). The summed E-state index contributed by atoms with van der Waals surface area (Å²) in [6, 6.07) is 5.21. The summed E-state index contributed by atoms with van der Waals surface area (Å²) in [6.07, 6.45) is 0. The van der Waals surface area contributed by atoms with E-state index in [0.717, 1.165) is 11.1 Å². The Morgan fingerprint density at radius 3 is 2.28 bits per heavy atom. The smallest absolute Gasteiger partial charge is 0.243 e. The van der Waals surface area contributed by atoms with E-state index in [1.54, 1.807) is 13.0 Å². The monoisotopic (exact) mass is 270 g/mol. The molecular weight excluding hydrogens is 248 g/mol. The van der Waals surface area contributed by atoms with E-state index < -0.39 is 10.0 Å². The van der Waals surface area contributed by atoms with Gasteiger partial charge in [0.05, 0.1) is 4.90 Å². The summed E-state index contributed by atoms with van der Waals surface area (Å²) in [6.45, 7) is 8.28. The minimum Gasteiger partial charge on any atom is -0.324 e. The zero-order valence-electron chi connectivity index (χ0n) is 11.5. The third-order valence-corrected chi connectivity index (χ3v) is 5.25. The van der Waals surface area contributed by atoms with Gasteiger partial charge in [-0.05, 0) is 31.0 Å². The molecule has 0 fully saturated rings. The molecule has 18 heavy (non-hydrogen) atoms. The van der Waals surface area contributed by atoms with Crippen LogP contribution in [0.4, 0.5) is 0 Å². The Morgan fingerprint density at radius 2 is 1.83 bits per heavy atom. The lowest BCUT2D eigenvalue weighted by Crippen LogP contribution is -2.31. The quantitative estimate of drug-likeness (QED) is 0.890. The molecule has 0 aliphatic carbocycles. The Balaban J connectivity index is 3.35. The normalized spacial score (nSPS) is 13.9. The van der Waals surface area contributed by atoms with Gasteiger partial charge in [0.2, 0.25) is 10.0 Å².